The topological polar surface area (TPSA) is 229 Å². The van der Waals surface area contributed by atoms with Crippen LogP contribution in [-0.2, 0) is 29.8 Å². The molecule has 1 heterocycles. The van der Waals surface area contributed by atoms with E-state index in [9.17, 15) is 40.6 Å². The fourth-order valence-electron chi connectivity index (χ4n) is 2.68. The first-order chi connectivity index (χ1) is 14.8. The van der Waals surface area contributed by atoms with E-state index in [1.54, 1.807) is 0 Å². The summed E-state index contributed by atoms with van der Waals surface area (Å²) < 4.78 is 64.9. The van der Waals surface area contributed by atoms with E-state index in [0.717, 1.165) is 30.3 Å². The van der Waals surface area contributed by atoms with Crippen LogP contribution in [0, 0.1) is 0 Å². The number of hydrazone groups is 1. The van der Waals surface area contributed by atoms with E-state index in [1.165, 1.54) is 12.1 Å². The number of carboxylic acids is 1. The second-order valence-corrected chi connectivity index (χ2v) is 8.98. The van der Waals surface area contributed by atoms with Gasteiger partial charge in [-0.15, -0.1) is 0 Å². The Morgan fingerprint density at radius 3 is 2.25 bits per heavy atom. The summed E-state index contributed by atoms with van der Waals surface area (Å²) in [7, 11) is -9.57. The Morgan fingerprint density at radius 2 is 1.66 bits per heavy atom. The molecule has 0 bridgehead atoms. The molecule has 16 heteroatoms. The first-order valence-electron chi connectivity index (χ1n) is 8.31. The van der Waals surface area contributed by atoms with Crippen molar-refractivity contribution in [3.63, 3.8) is 0 Å². The molecule has 1 aliphatic heterocycles. The molecule has 1 amide bonds. The lowest BCUT2D eigenvalue weighted by Gasteiger charge is -2.16. The van der Waals surface area contributed by atoms with Gasteiger partial charge in [0.25, 0.3) is 26.1 Å². The third-order valence-corrected chi connectivity index (χ3v) is 5.84. The summed E-state index contributed by atoms with van der Waals surface area (Å²) in [4.78, 5) is 23.0. The van der Waals surface area contributed by atoms with Crippen molar-refractivity contribution in [2.24, 2.45) is 15.3 Å². The molecule has 14 nitrogen and oxygen atoms in total. The Hall–Kier alpha value is -3.73. The number of nitrogens with zero attached hydrogens (tertiary/aromatic N) is 4. The highest BCUT2D eigenvalue weighted by Crippen LogP contribution is 2.32. The minimum absolute atomic E-state index is 0.0283. The van der Waals surface area contributed by atoms with Gasteiger partial charge < -0.3 is 10.8 Å². The molecule has 1 atom stereocenters. The Morgan fingerprint density at radius 1 is 1.03 bits per heavy atom. The van der Waals surface area contributed by atoms with Crippen LogP contribution in [-0.4, -0.2) is 54.7 Å². The third kappa shape index (κ3) is 4.47. The number of carbonyl (C=O) groups excluding carboxylic acids is 1. The summed E-state index contributed by atoms with van der Waals surface area (Å²) in [6.45, 7) is 0. The van der Waals surface area contributed by atoms with Crippen LogP contribution in [0.4, 0.5) is 17.1 Å². The number of benzene rings is 2. The molecule has 0 aliphatic carbocycles. The average molecular weight is 483 g/mol. The SMILES string of the molecule is Nc1ccc(S(=O)(=O)O)c(N2N=C(C(=O)O)C(N=Nc3ccccc3S(=O)(=O)O)C2=O)c1. The van der Waals surface area contributed by atoms with E-state index in [-0.39, 0.29) is 5.69 Å². The highest BCUT2D eigenvalue weighted by Gasteiger charge is 2.42. The van der Waals surface area contributed by atoms with Crippen molar-refractivity contribution >= 4 is 54.9 Å². The van der Waals surface area contributed by atoms with Crippen LogP contribution in [0.2, 0.25) is 0 Å². The van der Waals surface area contributed by atoms with Crippen molar-refractivity contribution in [3.05, 3.63) is 42.5 Å². The second-order valence-electron chi connectivity index (χ2n) is 6.20. The third-order valence-electron chi connectivity index (χ3n) is 4.04. The highest BCUT2D eigenvalue weighted by molar-refractivity contribution is 7.86. The number of amides is 1. The van der Waals surface area contributed by atoms with Gasteiger partial charge in [-0.25, -0.2) is 4.79 Å². The molecule has 0 saturated carbocycles. The molecule has 0 fully saturated rings. The molecule has 0 radical (unpaired) electrons. The standard InChI is InChI=1S/C16H13N5O9S2/c17-8-5-6-12(32(28,29)30)10(7-8)21-15(22)13(14(20-21)16(23)24)19-18-9-3-1-2-4-11(9)31(25,26)27/h1-7,13H,17H2,(H,23,24)(H,25,26,27)(H,28,29,30). The van der Waals surface area contributed by atoms with Crippen LogP contribution in [0.25, 0.3) is 0 Å². The Kier molecular flexibility index (Phi) is 5.79. The lowest BCUT2D eigenvalue weighted by molar-refractivity contribution is -0.130. The van der Waals surface area contributed by atoms with Crippen LogP contribution < -0.4 is 10.7 Å². The number of nitrogen functional groups attached to an aromatic ring is 1. The zero-order valence-electron chi connectivity index (χ0n) is 15.6. The van der Waals surface area contributed by atoms with Crippen molar-refractivity contribution in [3.8, 4) is 0 Å². The molecule has 0 aromatic heterocycles. The molecule has 1 aliphatic rings. The molecule has 1 unspecified atom stereocenters. The number of carboxylic acid groups (broad SMARTS) is 1. The van der Waals surface area contributed by atoms with Gasteiger partial charge in [0, 0.05) is 5.69 Å². The number of azo groups is 1. The summed E-state index contributed by atoms with van der Waals surface area (Å²) in [6.07, 6.45) is 0. The number of hydrogen-bond donors (Lipinski definition) is 4. The second kappa shape index (κ2) is 8.08. The summed E-state index contributed by atoms with van der Waals surface area (Å²) in [5.74, 6) is -2.88. The lowest BCUT2D eigenvalue weighted by Crippen LogP contribution is -2.33. The molecule has 168 valence electrons. The van der Waals surface area contributed by atoms with Crippen molar-refractivity contribution in [1.82, 2.24) is 0 Å². The first kappa shape index (κ1) is 22.9. The van der Waals surface area contributed by atoms with Crippen molar-refractivity contribution in [2.75, 3.05) is 10.7 Å². The first-order valence-corrected chi connectivity index (χ1v) is 11.2. The molecule has 0 saturated heterocycles. The van der Waals surface area contributed by atoms with E-state index >= 15 is 0 Å². The smallest absolute Gasteiger partial charge is 0.355 e. The van der Waals surface area contributed by atoms with Gasteiger partial charge in [-0.3, -0.25) is 13.9 Å². The quantitative estimate of drug-likeness (QED) is 0.255. The number of hydrogen-bond acceptors (Lipinski definition) is 10. The average Bonchev–Trinajstić information content (AvgIpc) is 3.01. The van der Waals surface area contributed by atoms with E-state index < -0.39 is 65.0 Å². The fourth-order valence-corrected chi connectivity index (χ4v) is 3.95. The van der Waals surface area contributed by atoms with Crippen LogP contribution in [0.3, 0.4) is 0 Å². The van der Waals surface area contributed by atoms with Gasteiger partial charge >= 0.3 is 5.97 Å². The van der Waals surface area contributed by atoms with E-state index in [4.69, 9.17) is 5.73 Å². The largest absolute Gasteiger partial charge is 0.477 e. The number of aliphatic carboxylic acids is 1. The van der Waals surface area contributed by atoms with Gasteiger partial charge in [-0.1, -0.05) is 12.1 Å². The molecular formula is C16H13N5O9S2. The Bertz CT molecular complexity index is 1400. The van der Waals surface area contributed by atoms with Crippen LogP contribution in [0.5, 0.6) is 0 Å². The summed E-state index contributed by atoms with van der Waals surface area (Å²) in [5.41, 5.74) is 3.78. The molecule has 2 aromatic carbocycles. The van der Waals surface area contributed by atoms with Gasteiger partial charge in [0.15, 0.2) is 5.71 Å². The number of anilines is 2. The van der Waals surface area contributed by atoms with Crippen molar-refractivity contribution < 1.29 is 40.6 Å². The van der Waals surface area contributed by atoms with Crippen LogP contribution >= 0.6 is 0 Å². The maximum absolute atomic E-state index is 12.8. The van der Waals surface area contributed by atoms with Gasteiger partial charge in [-0.05, 0) is 30.3 Å². The Balaban J connectivity index is 2.09. The predicted octanol–water partition coefficient (Wildman–Crippen LogP) is 0.702. The minimum atomic E-state index is -4.86. The number of rotatable bonds is 6. The highest BCUT2D eigenvalue weighted by atomic mass is 32.2. The maximum atomic E-state index is 12.8. The molecule has 2 aromatic rings. The van der Waals surface area contributed by atoms with Crippen LogP contribution in [0.15, 0.2) is 67.6 Å². The van der Waals surface area contributed by atoms with Crippen molar-refractivity contribution in [1.29, 1.82) is 0 Å². The zero-order chi connectivity index (χ0) is 23.8. The number of nitrogens with two attached hydrogens (primary N) is 1. The molecule has 3 rings (SSSR count). The number of carbonyl (C=O) groups is 2. The molecule has 0 spiro atoms. The molecule has 5 N–H and O–H groups in total. The van der Waals surface area contributed by atoms with Crippen molar-refractivity contribution in [2.45, 2.75) is 15.8 Å². The predicted molar refractivity (Wildman–Crippen MR) is 108 cm³/mol. The normalized spacial score (nSPS) is 17.1. The van der Waals surface area contributed by atoms with E-state index in [0.29, 0.717) is 5.01 Å². The summed E-state index contributed by atoms with van der Waals surface area (Å²) in [5, 5.41) is 20.4. The van der Waals surface area contributed by atoms with Crippen LogP contribution in [0.1, 0.15) is 0 Å². The fraction of sp³-hybridized carbons (Fsp3) is 0.0625. The maximum Gasteiger partial charge on any atom is 0.355 e. The lowest BCUT2D eigenvalue weighted by atomic mass is 10.2. The summed E-state index contributed by atoms with van der Waals surface area (Å²) >= 11 is 0. The Labute approximate surface area is 180 Å². The molecule has 32 heavy (non-hydrogen) atoms. The van der Waals surface area contributed by atoms with Gasteiger partial charge in [0.05, 0.1) is 5.69 Å². The molecular weight excluding hydrogens is 470 g/mol. The summed E-state index contributed by atoms with van der Waals surface area (Å²) in [6, 6.07) is 5.85. The van der Waals surface area contributed by atoms with Gasteiger partial charge in [0.2, 0.25) is 6.04 Å². The van der Waals surface area contributed by atoms with Gasteiger partial charge in [0.1, 0.15) is 15.5 Å². The van der Waals surface area contributed by atoms with Gasteiger partial charge in [-0.2, -0.15) is 37.2 Å². The minimum Gasteiger partial charge on any atom is -0.477 e. The van der Waals surface area contributed by atoms with E-state index in [1.807, 2.05) is 0 Å². The van der Waals surface area contributed by atoms with E-state index in [2.05, 4.69) is 15.3 Å². The zero-order valence-corrected chi connectivity index (χ0v) is 17.2. The monoisotopic (exact) mass is 483 g/mol.